The summed E-state index contributed by atoms with van der Waals surface area (Å²) in [5.74, 6) is 0.835. The molecule has 1 saturated carbocycles. The second-order valence-corrected chi connectivity index (χ2v) is 8.36. The van der Waals surface area contributed by atoms with Crippen LogP contribution in [-0.2, 0) is 18.5 Å². The third-order valence-electron chi connectivity index (χ3n) is 3.81. The van der Waals surface area contributed by atoms with Crippen molar-refractivity contribution in [1.82, 2.24) is 0 Å². The smallest absolute Gasteiger partial charge is 0.233 e. The third-order valence-corrected chi connectivity index (χ3v) is 5.09. The van der Waals surface area contributed by atoms with Crippen LogP contribution in [0.1, 0.15) is 32.1 Å². The molecule has 0 amide bonds. The number of halogens is 1. The molecule has 18 heavy (non-hydrogen) atoms. The van der Waals surface area contributed by atoms with Crippen molar-refractivity contribution in [2.45, 2.75) is 32.1 Å². The molecular formula is C12H21ClO4S. The van der Waals surface area contributed by atoms with Crippen LogP contribution in [0, 0.1) is 11.3 Å². The van der Waals surface area contributed by atoms with Gasteiger partial charge in [0.1, 0.15) is 0 Å². The van der Waals surface area contributed by atoms with Crippen LogP contribution >= 0.6 is 10.7 Å². The van der Waals surface area contributed by atoms with Crippen molar-refractivity contribution in [3.63, 3.8) is 0 Å². The summed E-state index contributed by atoms with van der Waals surface area (Å²) in [7, 11) is 1.92. The lowest BCUT2D eigenvalue weighted by molar-refractivity contribution is -0.0287. The van der Waals surface area contributed by atoms with Crippen molar-refractivity contribution in [3.8, 4) is 0 Å². The number of ether oxygens (including phenoxy) is 2. The molecule has 0 unspecified atom stereocenters. The van der Waals surface area contributed by atoms with Gasteiger partial charge in [-0.2, -0.15) is 0 Å². The molecule has 2 aliphatic rings. The molecule has 1 aliphatic carbocycles. The topological polar surface area (TPSA) is 52.6 Å². The quantitative estimate of drug-likeness (QED) is 0.534. The van der Waals surface area contributed by atoms with Crippen molar-refractivity contribution in [1.29, 1.82) is 0 Å². The Bertz CT molecular complexity index is 358. The van der Waals surface area contributed by atoms with E-state index in [-0.39, 0.29) is 11.2 Å². The molecule has 1 aliphatic heterocycles. The highest BCUT2D eigenvalue weighted by atomic mass is 35.7. The van der Waals surface area contributed by atoms with Gasteiger partial charge in [0.2, 0.25) is 9.05 Å². The molecule has 2 fully saturated rings. The molecule has 0 spiro atoms. The van der Waals surface area contributed by atoms with E-state index < -0.39 is 9.05 Å². The second-order valence-electron chi connectivity index (χ2n) is 5.58. The van der Waals surface area contributed by atoms with Gasteiger partial charge in [0, 0.05) is 35.9 Å². The Morgan fingerprint density at radius 3 is 2.50 bits per heavy atom. The van der Waals surface area contributed by atoms with Crippen molar-refractivity contribution in [2.75, 3.05) is 32.2 Å². The Morgan fingerprint density at radius 1 is 1.28 bits per heavy atom. The first-order valence-corrected chi connectivity index (χ1v) is 9.05. The van der Waals surface area contributed by atoms with Crippen molar-refractivity contribution >= 4 is 19.7 Å². The van der Waals surface area contributed by atoms with Gasteiger partial charge in [-0.1, -0.05) is 12.8 Å². The standard InChI is InChI=1S/C12H21ClO4S/c13-18(14,15)10-12(4-7-16-8-5-12)9-17-6-3-11-1-2-11/h11H,1-10H2. The van der Waals surface area contributed by atoms with Crippen LogP contribution in [0.4, 0.5) is 0 Å². The molecule has 0 bridgehead atoms. The average Bonchev–Trinajstić information content (AvgIpc) is 3.07. The van der Waals surface area contributed by atoms with Crippen LogP contribution in [-0.4, -0.2) is 40.6 Å². The lowest BCUT2D eigenvalue weighted by Gasteiger charge is -2.35. The molecule has 6 heteroatoms. The summed E-state index contributed by atoms with van der Waals surface area (Å²) in [5.41, 5.74) is -0.345. The van der Waals surface area contributed by atoms with E-state index in [0.29, 0.717) is 32.7 Å². The zero-order valence-electron chi connectivity index (χ0n) is 10.6. The number of hydrogen-bond acceptors (Lipinski definition) is 4. The van der Waals surface area contributed by atoms with E-state index >= 15 is 0 Å². The number of hydrogen-bond donors (Lipinski definition) is 0. The minimum Gasteiger partial charge on any atom is -0.381 e. The monoisotopic (exact) mass is 296 g/mol. The molecule has 1 saturated heterocycles. The Kier molecular flexibility index (Phi) is 4.92. The van der Waals surface area contributed by atoms with Gasteiger partial charge in [0.25, 0.3) is 0 Å². The van der Waals surface area contributed by atoms with Crippen LogP contribution < -0.4 is 0 Å². The first-order chi connectivity index (χ1) is 8.49. The van der Waals surface area contributed by atoms with Gasteiger partial charge in [-0.25, -0.2) is 8.42 Å². The van der Waals surface area contributed by atoms with E-state index in [2.05, 4.69) is 0 Å². The highest BCUT2D eigenvalue weighted by Crippen LogP contribution is 2.35. The highest BCUT2D eigenvalue weighted by molar-refractivity contribution is 8.13. The maximum Gasteiger partial charge on any atom is 0.233 e. The molecule has 0 aromatic carbocycles. The predicted molar refractivity (Wildman–Crippen MR) is 70.3 cm³/mol. The van der Waals surface area contributed by atoms with Gasteiger partial charge in [0.15, 0.2) is 0 Å². The van der Waals surface area contributed by atoms with E-state index in [0.717, 1.165) is 18.9 Å². The first kappa shape index (κ1) is 14.6. The predicted octanol–water partition coefficient (Wildman–Crippen LogP) is 2.17. The van der Waals surface area contributed by atoms with Crippen LogP contribution in [0.2, 0.25) is 0 Å². The molecule has 106 valence electrons. The van der Waals surface area contributed by atoms with Crippen LogP contribution in [0.3, 0.4) is 0 Å². The number of rotatable bonds is 7. The van der Waals surface area contributed by atoms with Gasteiger partial charge < -0.3 is 9.47 Å². The summed E-state index contributed by atoms with van der Waals surface area (Å²) in [6, 6.07) is 0. The molecule has 1 heterocycles. The Balaban J connectivity index is 1.82. The van der Waals surface area contributed by atoms with Crippen LogP contribution in [0.15, 0.2) is 0 Å². The van der Waals surface area contributed by atoms with E-state index in [4.69, 9.17) is 20.2 Å². The second kappa shape index (κ2) is 6.07. The SMILES string of the molecule is O=S(=O)(Cl)CC1(COCCC2CC2)CCOCC1. The molecule has 0 N–H and O–H groups in total. The van der Waals surface area contributed by atoms with Gasteiger partial charge in [-0.15, -0.1) is 0 Å². The zero-order valence-corrected chi connectivity index (χ0v) is 12.1. The molecule has 0 aromatic heterocycles. The van der Waals surface area contributed by atoms with Gasteiger partial charge in [0.05, 0.1) is 12.4 Å². The van der Waals surface area contributed by atoms with Crippen molar-refractivity contribution in [3.05, 3.63) is 0 Å². The van der Waals surface area contributed by atoms with Crippen LogP contribution in [0.25, 0.3) is 0 Å². The maximum atomic E-state index is 11.3. The summed E-state index contributed by atoms with van der Waals surface area (Å²) in [6.07, 6.45) is 5.15. The molecule has 2 rings (SSSR count). The molecule has 0 aromatic rings. The van der Waals surface area contributed by atoms with E-state index in [1.807, 2.05) is 0 Å². The minimum atomic E-state index is -3.49. The Hall–Kier alpha value is 0.160. The summed E-state index contributed by atoms with van der Waals surface area (Å²) in [6.45, 7) is 2.40. The highest BCUT2D eigenvalue weighted by Gasteiger charge is 2.37. The normalized spacial score (nSPS) is 24.1. The minimum absolute atomic E-state index is 0.00561. The summed E-state index contributed by atoms with van der Waals surface area (Å²) >= 11 is 0. The van der Waals surface area contributed by atoms with E-state index in [1.54, 1.807) is 0 Å². The lowest BCUT2D eigenvalue weighted by Crippen LogP contribution is -2.39. The van der Waals surface area contributed by atoms with E-state index in [9.17, 15) is 8.42 Å². The summed E-state index contributed by atoms with van der Waals surface area (Å²) in [4.78, 5) is 0. The van der Waals surface area contributed by atoms with Gasteiger partial charge in [-0.3, -0.25) is 0 Å². The fraction of sp³-hybridized carbons (Fsp3) is 1.00. The fourth-order valence-corrected chi connectivity index (χ4v) is 4.24. The maximum absolute atomic E-state index is 11.3. The largest absolute Gasteiger partial charge is 0.381 e. The average molecular weight is 297 g/mol. The molecule has 4 nitrogen and oxygen atoms in total. The van der Waals surface area contributed by atoms with Gasteiger partial charge >= 0.3 is 0 Å². The van der Waals surface area contributed by atoms with Crippen molar-refractivity contribution < 1.29 is 17.9 Å². The Morgan fingerprint density at radius 2 is 1.94 bits per heavy atom. The summed E-state index contributed by atoms with van der Waals surface area (Å²) in [5, 5.41) is 0. The molecular weight excluding hydrogens is 276 g/mol. The first-order valence-electron chi connectivity index (χ1n) is 6.57. The Labute approximate surface area is 113 Å². The van der Waals surface area contributed by atoms with Crippen molar-refractivity contribution in [2.24, 2.45) is 11.3 Å². The molecule has 0 atom stereocenters. The zero-order chi connectivity index (χ0) is 13.1. The van der Waals surface area contributed by atoms with E-state index in [1.165, 1.54) is 12.8 Å². The van der Waals surface area contributed by atoms with Crippen LogP contribution in [0.5, 0.6) is 0 Å². The third kappa shape index (κ3) is 5.03. The summed E-state index contributed by atoms with van der Waals surface area (Å²) < 4.78 is 33.6. The fourth-order valence-electron chi connectivity index (χ4n) is 2.45. The van der Waals surface area contributed by atoms with Gasteiger partial charge in [-0.05, 0) is 25.2 Å². The lowest BCUT2D eigenvalue weighted by atomic mass is 9.83. The molecule has 0 radical (unpaired) electrons.